The molecule has 0 saturated heterocycles. The monoisotopic (exact) mass is 236 g/mol. The maximum absolute atomic E-state index is 10.8. The number of hydrogen-bond donors (Lipinski definition) is 1. The van der Waals surface area contributed by atoms with Gasteiger partial charge in [-0.05, 0) is 25.2 Å². The molecule has 92 valence electrons. The van der Waals surface area contributed by atoms with Gasteiger partial charge < -0.3 is 9.84 Å². The Hall–Kier alpha value is -1.65. The molecule has 1 heterocycles. The highest BCUT2D eigenvalue weighted by Crippen LogP contribution is 2.27. The van der Waals surface area contributed by atoms with Crippen LogP contribution >= 0.6 is 0 Å². The molecule has 0 amide bonds. The zero-order chi connectivity index (χ0) is 12.3. The minimum absolute atomic E-state index is 0.0778. The third kappa shape index (κ3) is 2.93. The summed E-state index contributed by atoms with van der Waals surface area (Å²) in [5.74, 6) is -0.290. The van der Waals surface area contributed by atoms with E-state index < -0.39 is 5.97 Å². The number of aromatic carboxylic acids is 1. The summed E-state index contributed by atoms with van der Waals surface area (Å²) in [5.41, 5.74) is -0.0778. The van der Waals surface area contributed by atoms with E-state index in [1.165, 1.54) is 18.8 Å². The lowest BCUT2D eigenvalue weighted by atomic mass is 9.88. The van der Waals surface area contributed by atoms with Crippen LogP contribution in [-0.2, 0) is 0 Å². The first-order valence-corrected chi connectivity index (χ1v) is 5.89. The van der Waals surface area contributed by atoms with Gasteiger partial charge in [-0.15, -0.1) is 0 Å². The SMILES string of the molecule is CC1CCCCC1Oc1cncc(C(=O)O)n1. The Bertz CT molecular complexity index is 408. The molecule has 0 bridgehead atoms. The van der Waals surface area contributed by atoms with Crippen molar-refractivity contribution in [2.24, 2.45) is 5.92 Å². The number of carboxylic acids is 1. The molecule has 1 aliphatic carbocycles. The van der Waals surface area contributed by atoms with Gasteiger partial charge in [-0.25, -0.2) is 9.78 Å². The summed E-state index contributed by atoms with van der Waals surface area (Å²) in [6, 6.07) is 0. The van der Waals surface area contributed by atoms with E-state index in [4.69, 9.17) is 9.84 Å². The normalized spacial score (nSPS) is 24.3. The molecular formula is C12H16N2O3. The van der Waals surface area contributed by atoms with E-state index in [9.17, 15) is 4.79 Å². The van der Waals surface area contributed by atoms with Crippen molar-refractivity contribution in [1.29, 1.82) is 0 Å². The van der Waals surface area contributed by atoms with Gasteiger partial charge in [0.15, 0.2) is 5.69 Å². The van der Waals surface area contributed by atoms with E-state index in [0.29, 0.717) is 11.8 Å². The van der Waals surface area contributed by atoms with Gasteiger partial charge in [0, 0.05) is 0 Å². The molecule has 0 radical (unpaired) electrons. The van der Waals surface area contributed by atoms with Crippen LogP contribution in [0.4, 0.5) is 0 Å². The first kappa shape index (κ1) is 11.8. The Morgan fingerprint density at radius 1 is 1.41 bits per heavy atom. The smallest absolute Gasteiger partial charge is 0.356 e. The van der Waals surface area contributed by atoms with Crippen molar-refractivity contribution >= 4 is 5.97 Å². The van der Waals surface area contributed by atoms with Crippen molar-refractivity contribution < 1.29 is 14.6 Å². The second-order valence-corrected chi connectivity index (χ2v) is 4.47. The first-order chi connectivity index (χ1) is 8.16. The number of ether oxygens (including phenoxy) is 1. The fourth-order valence-electron chi connectivity index (χ4n) is 2.12. The van der Waals surface area contributed by atoms with Crippen molar-refractivity contribution in [3.8, 4) is 5.88 Å². The summed E-state index contributed by atoms with van der Waals surface area (Å²) in [6.07, 6.45) is 7.36. The minimum atomic E-state index is -1.08. The topological polar surface area (TPSA) is 72.3 Å². The van der Waals surface area contributed by atoms with Crippen molar-refractivity contribution in [3.63, 3.8) is 0 Å². The molecular weight excluding hydrogens is 220 g/mol. The summed E-state index contributed by atoms with van der Waals surface area (Å²) in [4.78, 5) is 18.5. The average Bonchev–Trinajstić information content (AvgIpc) is 2.32. The molecule has 0 spiro atoms. The van der Waals surface area contributed by atoms with Gasteiger partial charge in [-0.2, -0.15) is 0 Å². The summed E-state index contributed by atoms with van der Waals surface area (Å²) in [6.45, 7) is 2.15. The zero-order valence-corrected chi connectivity index (χ0v) is 9.80. The van der Waals surface area contributed by atoms with Crippen LogP contribution in [0.15, 0.2) is 12.4 Å². The predicted octanol–water partition coefficient (Wildman–Crippen LogP) is 2.13. The maximum Gasteiger partial charge on any atom is 0.356 e. The molecule has 2 atom stereocenters. The first-order valence-electron chi connectivity index (χ1n) is 5.89. The van der Waals surface area contributed by atoms with Crippen LogP contribution in [0.5, 0.6) is 5.88 Å². The highest BCUT2D eigenvalue weighted by molar-refractivity contribution is 5.84. The molecule has 0 aromatic carbocycles. The molecule has 17 heavy (non-hydrogen) atoms. The molecule has 1 aliphatic rings. The van der Waals surface area contributed by atoms with E-state index in [-0.39, 0.29) is 11.8 Å². The quantitative estimate of drug-likeness (QED) is 0.870. The Balaban J connectivity index is 2.07. The fourth-order valence-corrected chi connectivity index (χ4v) is 2.12. The van der Waals surface area contributed by atoms with Crippen LogP contribution in [0.3, 0.4) is 0 Å². The number of aromatic nitrogens is 2. The van der Waals surface area contributed by atoms with E-state index in [1.54, 1.807) is 0 Å². The summed E-state index contributed by atoms with van der Waals surface area (Å²) in [5, 5.41) is 8.81. The lowest BCUT2D eigenvalue weighted by Gasteiger charge is -2.28. The molecule has 5 nitrogen and oxygen atoms in total. The number of hydrogen-bond acceptors (Lipinski definition) is 4. The third-order valence-corrected chi connectivity index (χ3v) is 3.14. The molecule has 1 saturated carbocycles. The Morgan fingerprint density at radius 2 is 2.18 bits per heavy atom. The molecule has 1 fully saturated rings. The second kappa shape index (κ2) is 5.12. The van der Waals surface area contributed by atoms with E-state index in [0.717, 1.165) is 19.3 Å². The van der Waals surface area contributed by atoms with Crippen molar-refractivity contribution in [2.45, 2.75) is 38.7 Å². The predicted molar refractivity (Wildman–Crippen MR) is 61.0 cm³/mol. The van der Waals surface area contributed by atoms with Gasteiger partial charge in [0.2, 0.25) is 5.88 Å². The average molecular weight is 236 g/mol. The molecule has 2 rings (SSSR count). The second-order valence-electron chi connectivity index (χ2n) is 4.47. The number of nitrogens with zero attached hydrogens (tertiary/aromatic N) is 2. The Labute approximate surface area is 99.9 Å². The maximum atomic E-state index is 10.8. The van der Waals surface area contributed by atoms with Gasteiger partial charge in [0.05, 0.1) is 12.4 Å². The summed E-state index contributed by atoms with van der Waals surface area (Å²) < 4.78 is 5.72. The van der Waals surface area contributed by atoms with Crippen molar-refractivity contribution in [3.05, 3.63) is 18.1 Å². The highest BCUT2D eigenvalue weighted by atomic mass is 16.5. The number of carboxylic acid groups (broad SMARTS) is 1. The molecule has 1 aromatic rings. The molecule has 5 heteroatoms. The summed E-state index contributed by atoms with van der Waals surface area (Å²) in [7, 11) is 0. The van der Waals surface area contributed by atoms with Gasteiger partial charge in [0.1, 0.15) is 6.10 Å². The van der Waals surface area contributed by atoms with Crippen LogP contribution in [0.25, 0.3) is 0 Å². The lowest BCUT2D eigenvalue weighted by molar-refractivity contribution is 0.0682. The molecule has 0 aliphatic heterocycles. The van der Waals surface area contributed by atoms with Crippen LogP contribution in [0.1, 0.15) is 43.1 Å². The van der Waals surface area contributed by atoms with Crippen LogP contribution < -0.4 is 4.74 Å². The largest absolute Gasteiger partial charge is 0.476 e. The van der Waals surface area contributed by atoms with E-state index in [1.807, 2.05) is 0 Å². The third-order valence-electron chi connectivity index (χ3n) is 3.14. The Morgan fingerprint density at radius 3 is 2.88 bits per heavy atom. The molecule has 1 N–H and O–H groups in total. The molecule has 2 unspecified atom stereocenters. The van der Waals surface area contributed by atoms with E-state index in [2.05, 4.69) is 16.9 Å². The fraction of sp³-hybridized carbons (Fsp3) is 0.583. The minimum Gasteiger partial charge on any atom is -0.476 e. The Kier molecular flexibility index (Phi) is 3.56. The standard InChI is InChI=1S/C12H16N2O3/c1-8-4-2-3-5-10(8)17-11-7-13-6-9(14-11)12(15)16/h6-8,10H,2-5H2,1H3,(H,15,16). The van der Waals surface area contributed by atoms with Gasteiger partial charge in [0.25, 0.3) is 0 Å². The van der Waals surface area contributed by atoms with Gasteiger partial charge in [-0.1, -0.05) is 13.3 Å². The number of rotatable bonds is 3. The van der Waals surface area contributed by atoms with Crippen LogP contribution in [-0.4, -0.2) is 27.1 Å². The number of carbonyl (C=O) groups is 1. The van der Waals surface area contributed by atoms with Crippen LogP contribution in [0.2, 0.25) is 0 Å². The zero-order valence-electron chi connectivity index (χ0n) is 9.80. The van der Waals surface area contributed by atoms with Crippen molar-refractivity contribution in [1.82, 2.24) is 9.97 Å². The van der Waals surface area contributed by atoms with E-state index >= 15 is 0 Å². The summed E-state index contributed by atoms with van der Waals surface area (Å²) >= 11 is 0. The van der Waals surface area contributed by atoms with Gasteiger partial charge >= 0.3 is 5.97 Å². The molecule has 1 aromatic heterocycles. The van der Waals surface area contributed by atoms with Crippen LogP contribution in [0, 0.1) is 5.92 Å². The van der Waals surface area contributed by atoms with Gasteiger partial charge in [-0.3, -0.25) is 4.98 Å². The highest BCUT2D eigenvalue weighted by Gasteiger charge is 2.23. The lowest BCUT2D eigenvalue weighted by Crippen LogP contribution is -2.28. The van der Waals surface area contributed by atoms with Crippen molar-refractivity contribution in [2.75, 3.05) is 0 Å².